The molecule has 1 heterocycles. The van der Waals surface area contributed by atoms with E-state index in [2.05, 4.69) is 11.9 Å². The SMILES string of the molecule is C=C(C)C(=O)NC1CCN(C(=O)OC(C)(C)C)CC1. The number of piperidine rings is 1. The molecule has 0 aromatic rings. The van der Waals surface area contributed by atoms with Gasteiger partial charge in [-0.1, -0.05) is 6.58 Å². The second-order valence-electron chi connectivity index (χ2n) is 6.00. The highest BCUT2D eigenvalue weighted by molar-refractivity contribution is 5.92. The fraction of sp³-hybridized carbons (Fsp3) is 0.714. The van der Waals surface area contributed by atoms with Crippen molar-refractivity contribution in [1.29, 1.82) is 0 Å². The minimum atomic E-state index is -0.470. The maximum Gasteiger partial charge on any atom is 0.410 e. The van der Waals surface area contributed by atoms with Gasteiger partial charge in [-0.05, 0) is 40.5 Å². The predicted octanol–water partition coefficient (Wildman–Crippen LogP) is 2.08. The standard InChI is InChI=1S/C14H24N2O3/c1-10(2)12(17)15-11-6-8-16(9-7-11)13(18)19-14(3,4)5/h11H,1,6-9H2,2-5H3,(H,15,17). The number of carbonyl (C=O) groups is 2. The third kappa shape index (κ3) is 5.32. The Bertz CT molecular complexity index is 363. The van der Waals surface area contributed by atoms with E-state index < -0.39 is 5.60 Å². The lowest BCUT2D eigenvalue weighted by atomic mass is 10.1. The van der Waals surface area contributed by atoms with Crippen molar-refractivity contribution in [3.05, 3.63) is 12.2 Å². The topological polar surface area (TPSA) is 58.6 Å². The molecule has 0 radical (unpaired) electrons. The Morgan fingerprint density at radius 3 is 2.21 bits per heavy atom. The van der Waals surface area contributed by atoms with Crippen molar-refractivity contribution in [2.45, 2.75) is 52.2 Å². The summed E-state index contributed by atoms with van der Waals surface area (Å²) >= 11 is 0. The number of nitrogens with zero attached hydrogens (tertiary/aromatic N) is 1. The molecule has 5 heteroatoms. The molecule has 1 fully saturated rings. The largest absolute Gasteiger partial charge is 0.444 e. The fourth-order valence-electron chi connectivity index (χ4n) is 1.84. The number of hydrogen-bond acceptors (Lipinski definition) is 3. The second-order valence-corrected chi connectivity index (χ2v) is 6.00. The summed E-state index contributed by atoms with van der Waals surface area (Å²) in [5.41, 5.74) is 0.0387. The van der Waals surface area contributed by atoms with Gasteiger partial charge in [0.05, 0.1) is 0 Å². The van der Waals surface area contributed by atoms with Crippen LogP contribution in [0.5, 0.6) is 0 Å². The smallest absolute Gasteiger partial charge is 0.410 e. The lowest BCUT2D eigenvalue weighted by Crippen LogP contribution is -2.47. The Hall–Kier alpha value is -1.52. The monoisotopic (exact) mass is 268 g/mol. The lowest BCUT2D eigenvalue weighted by molar-refractivity contribution is -0.118. The van der Waals surface area contributed by atoms with E-state index >= 15 is 0 Å². The van der Waals surface area contributed by atoms with Crippen molar-refractivity contribution in [3.8, 4) is 0 Å². The molecule has 0 atom stereocenters. The minimum Gasteiger partial charge on any atom is -0.444 e. The fourth-order valence-corrected chi connectivity index (χ4v) is 1.84. The molecule has 0 spiro atoms. The van der Waals surface area contributed by atoms with E-state index in [1.54, 1.807) is 11.8 Å². The molecule has 19 heavy (non-hydrogen) atoms. The Morgan fingerprint density at radius 2 is 1.79 bits per heavy atom. The maximum absolute atomic E-state index is 11.9. The van der Waals surface area contributed by atoms with Crippen molar-refractivity contribution >= 4 is 12.0 Å². The van der Waals surface area contributed by atoms with Gasteiger partial charge in [0.1, 0.15) is 5.60 Å². The van der Waals surface area contributed by atoms with Crippen LogP contribution >= 0.6 is 0 Å². The molecular weight excluding hydrogens is 244 g/mol. The summed E-state index contributed by atoms with van der Waals surface area (Å²) in [6, 6.07) is 0.114. The van der Waals surface area contributed by atoms with Gasteiger partial charge in [-0.3, -0.25) is 4.79 Å². The first-order valence-electron chi connectivity index (χ1n) is 6.63. The molecule has 0 aromatic heterocycles. The Morgan fingerprint density at radius 1 is 1.26 bits per heavy atom. The molecule has 0 aromatic carbocycles. The first-order chi connectivity index (χ1) is 8.69. The van der Waals surface area contributed by atoms with E-state index in [0.29, 0.717) is 18.7 Å². The van der Waals surface area contributed by atoms with Crippen molar-refractivity contribution < 1.29 is 14.3 Å². The average Bonchev–Trinajstić information content (AvgIpc) is 2.27. The van der Waals surface area contributed by atoms with E-state index in [4.69, 9.17) is 4.74 Å². The number of ether oxygens (including phenoxy) is 1. The highest BCUT2D eigenvalue weighted by Crippen LogP contribution is 2.15. The van der Waals surface area contributed by atoms with Crippen molar-refractivity contribution in [3.63, 3.8) is 0 Å². The number of rotatable bonds is 2. The number of hydrogen-bond donors (Lipinski definition) is 1. The highest BCUT2D eigenvalue weighted by Gasteiger charge is 2.27. The zero-order chi connectivity index (χ0) is 14.6. The van der Waals surface area contributed by atoms with Crippen molar-refractivity contribution in [2.75, 3.05) is 13.1 Å². The van der Waals surface area contributed by atoms with Crippen molar-refractivity contribution in [1.82, 2.24) is 10.2 Å². The van der Waals surface area contributed by atoms with Gasteiger partial charge in [0.2, 0.25) is 5.91 Å². The third-order valence-corrected chi connectivity index (χ3v) is 2.87. The normalized spacial score (nSPS) is 16.9. The first kappa shape index (κ1) is 15.5. The van der Waals surface area contributed by atoms with Crippen LogP contribution < -0.4 is 5.32 Å². The van der Waals surface area contributed by atoms with Crippen LogP contribution in [0.15, 0.2) is 12.2 Å². The Kier molecular flexibility index (Phi) is 4.97. The Balaban J connectivity index is 2.39. The number of nitrogens with one attached hydrogen (secondary N) is 1. The van der Waals surface area contributed by atoms with E-state index in [1.165, 1.54) is 0 Å². The molecule has 5 nitrogen and oxygen atoms in total. The molecule has 1 rings (SSSR count). The van der Waals surface area contributed by atoms with Crippen LogP contribution in [0.3, 0.4) is 0 Å². The van der Waals surface area contributed by atoms with Gasteiger partial charge in [0.15, 0.2) is 0 Å². The summed E-state index contributed by atoms with van der Waals surface area (Å²) < 4.78 is 5.32. The average molecular weight is 268 g/mol. The molecule has 0 aliphatic carbocycles. The summed E-state index contributed by atoms with van der Waals surface area (Å²) in [5.74, 6) is -0.115. The summed E-state index contributed by atoms with van der Waals surface area (Å²) in [4.78, 5) is 25.0. The molecule has 0 saturated carbocycles. The molecule has 108 valence electrons. The number of likely N-dealkylation sites (tertiary alicyclic amines) is 1. The molecule has 1 aliphatic heterocycles. The van der Waals surface area contributed by atoms with Gasteiger partial charge in [-0.2, -0.15) is 0 Å². The van der Waals surface area contributed by atoms with Crippen LogP contribution in [-0.2, 0) is 9.53 Å². The zero-order valence-corrected chi connectivity index (χ0v) is 12.3. The van der Waals surface area contributed by atoms with E-state index in [-0.39, 0.29) is 18.0 Å². The molecule has 2 amide bonds. The minimum absolute atomic E-state index is 0.114. The highest BCUT2D eigenvalue weighted by atomic mass is 16.6. The molecule has 1 N–H and O–H groups in total. The predicted molar refractivity (Wildman–Crippen MR) is 73.8 cm³/mol. The van der Waals surface area contributed by atoms with Crippen LogP contribution in [0.25, 0.3) is 0 Å². The quantitative estimate of drug-likeness (QED) is 0.780. The van der Waals surface area contributed by atoms with Gasteiger partial charge in [-0.15, -0.1) is 0 Å². The summed E-state index contributed by atoms with van der Waals surface area (Å²) in [7, 11) is 0. The molecule has 0 unspecified atom stereocenters. The number of amides is 2. The van der Waals surface area contributed by atoms with E-state index in [1.807, 2.05) is 20.8 Å². The van der Waals surface area contributed by atoms with Gasteiger partial charge >= 0.3 is 6.09 Å². The van der Waals surface area contributed by atoms with Crippen molar-refractivity contribution in [2.24, 2.45) is 0 Å². The van der Waals surface area contributed by atoms with Gasteiger partial charge in [-0.25, -0.2) is 4.79 Å². The summed E-state index contributed by atoms with van der Waals surface area (Å²) in [6.07, 6.45) is 1.22. The molecule has 1 saturated heterocycles. The van der Waals surface area contributed by atoms with Gasteiger partial charge < -0.3 is 15.0 Å². The summed E-state index contributed by atoms with van der Waals surface area (Å²) in [6.45, 7) is 12.1. The summed E-state index contributed by atoms with van der Waals surface area (Å²) in [5, 5.41) is 2.91. The lowest BCUT2D eigenvalue weighted by Gasteiger charge is -2.33. The van der Waals surface area contributed by atoms with Gasteiger partial charge in [0, 0.05) is 24.7 Å². The third-order valence-electron chi connectivity index (χ3n) is 2.87. The van der Waals surface area contributed by atoms with Gasteiger partial charge in [0.25, 0.3) is 0 Å². The Labute approximate surface area is 115 Å². The van der Waals surface area contributed by atoms with Crippen LogP contribution in [0, 0.1) is 0 Å². The maximum atomic E-state index is 11.9. The molecular formula is C14H24N2O3. The zero-order valence-electron chi connectivity index (χ0n) is 12.3. The van der Waals surface area contributed by atoms with Crippen LogP contribution in [-0.4, -0.2) is 41.6 Å². The molecule has 0 bridgehead atoms. The van der Waals surface area contributed by atoms with Crippen LogP contribution in [0.1, 0.15) is 40.5 Å². The number of carbonyl (C=O) groups excluding carboxylic acids is 2. The first-order valence-corrected chi connectivity index (χ1v) is 6.63. The van der Waals surface area contributed by atoms with E-state index in [9.17, 15) is 9.59 Å². The second kappa shape index (κ2) is 6.08. The van der Waals surface area contributed by atoms with Crippen LogP contribution in [0.2, 0.25) is 0 Å². The molecule has 1 aliphatic rings. The van der Waals surface area contributed by atoms with Crippen LogP contribution in [0.4, 0.5) is 4.79 Å². The van der Waals surface area contributed by atoms with E-state index in [0.717, 1.165) is 12.8 Å².